The number of aromatic amines is 1. The van der Waals surface area contributed by atoms with Crippen LogP contribution in [-0.4, -0.2) is 42.6 Å². The second kappa shape index (κ2) is 8.63. The van der Waals surface area contributed by atoms with Crippen molar-refractivity contribution in [3.63, 3.8) is 0 Å². The van der Waals surface area contributed by atoms with Crippen molar-refractivity contribution in [3.8, 4) is 0 Å². The predicted octanol–water partition coefficient (Wildman–Crippen LogP) is 2.92. The van der Waals surface area contributed by atoms with E-state index in [2.05, 4.69) is 10.3 Å². The summed E-state index contributed by atoms with van der Waals surface area (Å²) < 4.78 is 0. The van der Waals surface area contributed by atoms with Crippen LogP contribution in [-0.2, 0) is 4.79 Å². The second-order valence-electron chi connectivity index (χ2n) is 7.03. The number of Topliss-reactive ketones (excluding diaryl/α,β-unsaturated/α-hetero) is 1. The first-order valence-electron chi connectivity index (χ1n) is 9.29. The average Bonchev–Trinajstić information content (AvgIpc) is 3.02. The number of anilines is 1. The fraction of sp³-hybridized carbons (Fsp3) is 0.273. The van der Waals surface area contributed by atoms with Crippen LogP contribution in [0.1, 0.15) is 23.0 Å². The van der Waals surface area contributed by atoms with E-state index < -0.39 is 0 Å². The first-order chi connectivity index (χ1) is 13.4. The summed E-state index contributed by atoms with van der Waals surface area (Å²) >= 11 is 1.59. The Balaban J connectivity index is 1.71. The summed E-state index contributed by atoms with van der Waals surface area (Å²) in [6.07, 6.45) is 1.98. The fourth-order valence-corrected chi connectivity index (χ4v) is 3.94. The molecule has 2 atom stereocenters. The van der Waals surface area contributed by atoms with Crippen LogP contribution in [0, 0.1) is 6.92 Å². The maximum absolute atomic E-state index is 13.1. The van der Waals surface area contributed by atoms with E-state index in [9.17, 15) is 9.59 Å². The number of quaternary nitrogens is 1. The molecule has 3 N–H and O–H groups in total. The number of para-hydroxylation sites is 2. The summed E-state index contributed by atoms with van der Waals surface area (Å²) in [4.78, 5) is 30.8. The highest BCUT2D eigenvalue weighted by Gasteiger charge is 2.28. The fourth-order valence-electron chi connectivity index (χ4n) is 3.38. The first-order valence-corrected chi connectivity index (χ1v) is 10.5. The van der Waals surface area contributed by atoms with Gasteiger partial charge >= 0.3 is 0 Å². The van der Waals surface area contributed by atoms with Gasteiger partial charge in [0, 0.05) is 21.5 Å². The van der Waals surface area contributed by atoms with Gasteiger partial charge in [0.1, 0.15) is 6.04 Å². The average molecular weight is 397 g/mol. The topological polar surface area (TPSA) is 66.4 Å². The van der Waals surface area contributed by atoms with Crippen molar-refractivity contribution in [2.24, 2.45) is 0 Å². The number of hydrogen-bond acceptors (Lipinski definition) is 3. The van der Waals surface area contributed by atoms with Gasteiger partial charge in [0.2, 0.25) is 5.78 Å². The van der Waals surface area contributed by atoms with Crippen LogP contribution < -0.4 is 10.2 Å². The highest BCUT2D eigenvalue weighted by molar-refractivity contribution is 7.98. The SMILES string of the molecule is CSc1ccccc1NC(=O)C[NH+](C)[C@H](C)C(=O)c1c(C)[nH]c2ccccc12. The number of nitrogens with one attached hydrogen (secondary N) is 3. The van der Waals surface area contributed by atoms with E-state index in [0.29, 0.717) is 0 Å². The molecule has 0 aliphatic carbocycles. The third kappa shape index (κ3) is 4.13. The minimum atomic E-state index is -0.334. The molecule has 0 fully saturated rings. The number of amides is 1. The number of ketones is 1. The molecule has 1 amide bonds. The number of aromatic nitrogens is 1. The molecule has 0 saturated carbocycles. The summed E-state index contributed by atoms with van der Waals surface area (Å²) in [5.41, 5.74) is 3.35. The molecule has 1 aromatic heterocycles. The van der Waals surface area contributed by atoms with Gasteiger partial charge in [0.15, 0.2) is 6.54 Å². The van der Waals surface area contributed by atoms with Crippen LogP contribution in [0.5, 0.6) is 0 Å². The number of carbonyl (C=O) groups excluding carboxylic acids is 2. The molecule has 0 saturated heterocycles. The molecule has 146 valence electrons. The molecule has 3 rings (SSSR count). The Morgan fingerprint density at radius 1 is 1.14 bits per heavy atom. The number of fused-ring (bicyclic) bond motifs is 1. The Morgan fingerprint density at radius 3 is 2.57 bits per heavy atom. The molecule has 1 unspecified atom stereocenters. The van der Waals surface area contributed by atoms with Crippen LogP contribution in [0.25, 0.3) is 10.9 Å². The van der Waals surface area contributed by atoms with Gasteiger partial charge in [-0.1, -0.05) is 30.3 Å². The number of aryl methyl sites for hydroxylation is 1. The highest BCUT2D eigenvalue weighted by atomic mass is 32.2. The molecule has 0 aliphatic heterocycles. The first kappa shape index (κ1) is 20.2. The summed E-state index contributed by atoms with van der Waals surface area (Å²) in [5.74, 6) is -0.0564. The van der Waals surface area contributed by atoms with Crippen LogP contribution in [0.3, 0.4) is 0 Å². The zero-order valence-electron chi connectivity index (χ0n) is 16.6. The normalized spacial score (nSPS) is 13.3. The minimum absolute atomic E-state index is 0.0461. The van der Waals surface area contributed by atoms with Gasteiger partial charge < -0.3 is 15.2 Å². The van der Waals surface area contributed by atoms with Crippen LogP contribution in [0.2, 0.25) is 0 Å². The van der Waals surface area contributed by atoms with Gasteiger partial charge in [0.05, 0.1) is 18.3 Å². The van der Waals surface area contributed by atoms with Gasteiger partial charge in [-0.2, -0.15) is 0 Å². The van der Waals surface area contributed by atoms with Crippen molar-refractivity contribution in [2.75, 3.05) is 25.2 Å². The summed E-state index contributed by atoms with van der Waals surface area (Å²) in [5, 5.41) is 3.90. The summed E-state index contributed by atoms with van der Waals surface area (Å²) in [6, 6.07) is 15.2. The van der Waals surface area contributed by atoms with Crippen LogP contribution in [0.15, 0.2) is 53.4 Å². The Hall–Kier alpha value is -2.57. The maximum atomic E-state index is 13.1. The summed E-state index contributed by atoms with van der Waals surface area (Å²) in [6.45, 7) is 4.01. The van der Waals surface area contributed by atoms with E-state index in [-0.39, 0.29) is 24.3 Å². The quantitative estimate of drug-likeness (QED) is 0.425. The number of thioether (sulfide) groups is 1. The summed E-state index contributed by atoms with van der Waals surface area (Å²) in [7, 11) is 1.88. The lowest BCUT2D eigenvalue weighted by molar-refractivity contribution is -0.885. The van der Waals surface area contributed by atoms with Crippen LogP contribution in [0.4, 0.5) is 5.69 Å². The molecular formula is C22H26N3O2S+. The Bertz CT molecular complexity index is 1010. The number of benzene rings is 2. The lowest BCUT2D eigenvalue weighted by atomic mass is 10.0. The van der Waals surface area contributed by atoms with Crippen molar-refractivity contribution >= 4 is 40.0 Å². The van der Waals surface area contributed by atoms with Crippen molar-refractivity contribution in [1.29, 1.82) is 0 Å². The lowest BCUT2D eigenvalue weighted by Crippen LogP contribution is -3.14. The standard InChI is InChI=1S/C22H25N3O2S/c1-14-21(16-9-5-6-10-17(16)23-14)22(27)15(2)25(3)13-20(26)24-18-11-7-8-12-19(18)28-4/h5-12,15,23H,13H2,1-4H3,(H,24,26)/p+1/t15-/m1/s1. The molecule has 0 aliphatic rings. The molecule has 0 bridgehead atoms. The van der Waals surface area contributed by atoms with E-state index in [1.54, 1.807) is 11.8 Å². The lowest BCUT2D eigenvalue weighted by Gasteiger charge is -2.20. The predicted molar refractivity (Wildman–Crippen MR) is 115 cm³/mol. The number of rotatable bonds is 7. The van der Waals surface area contributed by atoms with Crippen molar-refractivity contribution in [3.05, 3.63) is 59.8 Å². The monoisotopic (exact) mass is 396 g/mol. The van der Waals surface area contributed by atoms with Gasteiger partial charge in [-0.15, -0.1) is 11.8 Å². The van der Waals surface area contributed by atoms with E-state index in [1.807, 2.05) is 75.7 Å². The molecule has 3 aromatic rings. The van der Waals surface area contributed by atoms with Gasteiger partial charge in [-0.3, -0.25) is 9.59 Å². The molecule has 2 aromatic carbocycles. The smallest absolute Gasteiger partial charge is 0.279 e. The molecule has 1 heterocycles. The van der Waals surface area contributed by atoms with E-state index in [1.165, 1.54) is 0 Å². The van der Waals surface area contributed by atoms with Gasteiger partial charge in [0.25, 0.3) is 5.91 Å². The molecule has 28 heavy (non-hydrogen) atoms. The molecule has 5 nitrogen and oxygen atoms in total. The molecular weight excluding hydrogens is 370 g/mol. The Labute approximate surface area is 169 Å². The zero-order chi connectivity index (χ0) is 20.3. The zero-order valence-corrected chi connectivity index (χ0v) is 17.4. The molecule has 6 heteroatoms. The third-order valence-corrected chi connectivity index (χ3v) is 5.89. The third-order valence-electron chi connectivity index (χ3n) is 5.09. The van der Waals surface area contributed by atoms with Gasteiger partial charge in [-0.25, -0.2) is 0 Å². The van der Waals surface area contributed by atoms with E-state index in [0.717, 1.165) is 37.6 Å². The van der Waals surface area contributed by atoms with E-state index >= 15 is 0 Å². The van der Waals surface area contributed by atoms with Crippen molar-refractivity contribution in [1.82, 2.24) is 4.98 Å². The van der Waals surface area contributed by atoms with Gasteiger partial charge in [-0.05, 0) is 38.3 Å². The Morgan fingerprint density at radius 2 is 1.82 bits per heavy atom. The number of hydrogen-bond donors (Lipinski definition) is 3. The number of H-pyrrole nitrogens is 1. The van der Waals surface area contributed by atoms with Crippen LogP contribution >= 0.6 is 11.8 Å². The second-order valence-corrected chi connectivity index (χ2v) is 7.88. The van der Waals surface area contributed by atoms with Crippen molar-refractivity contribution < 1.29 is 14.5 Å². The number of carbonyl (C=O) groups is 2. The number of likely N-dealkylation sites (N-methyl/N-ethyl adjacent to an activating group) is 1. The maximum Gasteiger partial charge on any atom is 0.279 e. The molecule has 0 spiro atoms. The van der Waals surface area contributed by atoms with E-state index in [4.69, 9.17) is 0 Å². The molecule has 0 radical (unpaired) electrons. The highest BCUT2D eigenvalue weighted by Crippen LogP contribution is 2.24. The van der Waals surface area contributed by atoms with Crippen molar-refractivity contribution in [2.45, 2.75) is 24.8 Å². The largest absolute Gasteiger partial charge is 0.358 e. The Kier molecular flexibility index (Phi) is 6.21. The minimum Gasteiger partial charge on any atom is -0.358 e.